The maximum Gasteiger partial charge on any atom is 0.446 e. The molecule has 0 unspecified atom stereocenters. The Balaban J connectivity index is 2.19. The third-order valence-electron chi connectivity index (χ3n) is 3.00. The molecule has 0 amide bonds. The van der Waals surface area contributed by atoms with Gasteiger partial charge in [0, 0.05) is 9.37 Å². The summed E-state index contributed by atoms with van der Waals surface area (Å²) in [6.07, 6.45) is 0. The van der Waals surface area contributed by atoms with Gasteiger partial charge in [-0.05, 0) is 42.1 Å². The Morgan fingerprint density at radius 3 is 2.70 bits per heavy atom. The molecule has 0 aliphatic heterocycles. The van der Waals surface area contributed by atoms with Crippen LogP contribution in [0.3, 0.4) is 0 Å². The molecule has 0 aliphatic carbocycles. The van der Waals surface area contributed by atoms with Gasteiger partial charge < -0.3 is 4.74 Å². The smallest absolute Gasteiger partial charge is 0.446 e. The first-order chi connectivity index (χ1) is 10.9. The topological polar surface area (TPSA) is 22.1 Å². The minimum absolute atomic E-state index is 0.0787. The number of benzene rings is 2. The highest BCUT2D eigenvalue weighted by Crippen LogP contribution is 2.46. The lowest BCUT2D eigenvalue weighted by Crippen LogP contribution is -2.00. The molecule has 0 saturated heterocycles. The number of rotatable bonds is 3. The fourth-order valence-electron chi connectivity index (χ4n) is 2.11. The van der Waals surface area contributed by atoms with Crippen LogP contribution in [0, 0.1) is 0 Å². The fraction of sp³-hybridized carbons (Fsp3) is 0.133. The minimum atomic E-state index is -4.37. The van der Waals surface area contributed by atoms with Crippen LogP contribution in [0.2, 0.25) is 0 Å². The van der Waals surface area contributed by atoms with E-state index in [4.69, 9.17) is 4.74 Å². The van der Waals surface area contributed by atoms with Crippen molar-refractivity contribution in [2.24, 2.45) is 0 Å². The maximum atomic E-state index is 12.8. The number of ether oxygens (including phenoxy) is 1. The highest BCUT2D eigenvalue weighted by atomic mass is 79.9. The van der Waals surface area contributed by atoms with Crippen molar-refractivity contribution in [2.45, 2.75) is 10.4 Å². The Morgan fingerprint density at radius 2 is 2.00 bits per heavy atom. The minimum Gasteiger partial charge on any atom is -0.496 e. The monoisotopic (exact) mass is 419 g/mol. The van der Waals surface area contributed by atoms with Crippen LogP contribution in [0.4, 0.5) is 13.2 Å². The molecule has 120 valence electrons. The number of hydrogen-bond donors (Lipinski definition) is 0. The number of thioether (sulfide) groups is 1. The van der Waals surface area contributed by atoms with Gasteiger partial charge in [0.2, 0.25) is 0 Å². The van der Waals surface area contributed by atoms with E-state index in [1.54, 1.807) is 12.1 Å². The van der Waals surface area contributed by atoms with Crippen molar-refractivity contribution in [2.75, 3.05) is 7.11 Å². The van der Waals surface area contributed by atoms with E-state index in [0.29, 0.717) is 16.3 Å². The van der Waals surface area contributed by atoms with Crippen molar-refractivity contribution in [1.82, 2.24) is 4.98 Å². The van der Waals surface area contributed by atoms with E-state index in [-0.39, 0.29) is 16.7 Å². The molecule has 2 nitrogen and oxygen atoms in total. The fourth-order valence-corrected chi connectivity index (χ4v) is 4.45. The van der Waals surface area contributed by atoms with Crippen molar-refractivity contribution in [3.8, 4) is 16.3 Å². The Bertz CT molecular complexity index is 864. The Hall–Kier alpha value is -1.25. The summed E-state index contributed by atoms with van der Waals surface area (Å²) in [6.45, 7) is 0. The van der Waals surface area contributed by atoms with Crippen molar-refractivity contribution < 1.29 is 17.9 Å². The molecular formula is C15H9BrF3NOS2. The second-order valence-corrected chi connectivity index (χ2v) is 7.57. The zero-order chi connectivity index (χ0) is 16.6. The van der Waals surface area contributed by atoms with Crippen LogP contribution < -0.4 is 4.74 Å². The van der Waals surface area contributed by atoms with Crippen molar-refractivity contribution in [3.63, 3.8) is 0 Å². The van der Waals surface area contributed by atoms with Crippen LogP contribution in [-0.4, -0.2) is 17.6 Å². The Labute approximate surface area is 146 Å². The molecule has 0 spiro atoms. The normalized spacial score (nSPS) is 11.9. The molecule has 23 heavy (non-hydrogen) atoms. The Morgan fingerprint density at radius 1 is 1.22 bits per heavy atom. The van der Waals surface area contributed by atoms with E-state index in [2.05, 4.69) is 20.9 Å². The predicted molar refractivity (Wildman–Crippen MR) is 91.2 cm³/mol. The molecule has 2 aromatic carbocycles. The van der Waals surface area contributed by atoms with E-state index in [9.17, 15) is 13.2 Å². The van der Waals surface area contributed by atoms with Crippen LogP contribution in [0.5, 0.6) is 5.75 Å². The summed E-state index contributed by atoms with van der Waals surface area (Å²) in [5, 5.41) is 0.502. The summed E-state index contributed by atoms with van der Waals surface area (Å²) >= 11 is 4.56. The van der Waals surface area contributed by atoms with Gasteiger partial charge in [0.15, 0.2) is 0 Å². The number of nitrogens with zero attached hydrogens (tertiary/aromatic N) is 1. The molecule has 0 N–H and O–H groups in total. The summed E-state index contributed by atoms with van der Waals surface area (Å²) in [4.78, 5) is 4.54. The van der Waals surface area contributed by atoms with Crippen LogP contribution >= 0.6 is 39.0 Å². The molecule has 1 heterocycles. The second-order valence-electron chi connectivity index (χ2n) is 4.51. The number of halogens is 4. The van der Waals surface area contributed by atoms with Gasteiger partial charge in [0.1, 0.15) is 10.8 Å². The average molecular weight is 420 g/mol. The highest BCUT2D eigenvalue weighted by Gasteiger charge is 2.32. The number of alkyl halides is 3. The molecule has 0 saturated carbocycles. The predicted octanol–water partition coefficient (Wildman–Crippen LogP) is 6.35. The standard InChI is InChI=1S/C15H9BrF3NOS2/c1-21-10-3-2-4-11(23-15(17,18)19)13(10)14-20-9-6-5-8(16)7-12(9)22-14/h2-7H,1H3. The SMILES string of the molecule is COc1cccc(SC(F)(F)F)c1-c1nc2ccc(Br)cc2s1. The van der Waals surface area contributed by atoms with E-state index in [1.807, 2.05) is 18.2 Å². The molecule has 3 aromatic rings. The number of aromatic nitrogens is 1. The van der Waals surface area contributed by atoms with Crippen molar-refractivity contribution in [1.29, 1.82) is 0 Å². The first kappa shape index (κ1) is 16.6. The number of hydrogen-bond acceptors (Lipinski definition) is 4. The van der Waals surface area contributed by atoms with Gasteiger partial charge in [-0.2, -0.15) is 13.2 Å². The summed E-state index contributed by atoms with van der Waals surface area (Å²) in [6, 6.07) is 10.2. The lowest BCUT2D eigenvalue weighted by molar-refractivity contribution is -0.0327. The summed E-state index contributed by atoms with van der Waals surface area (Å²) < 4.78 is 45.5. The highest BCUT2D eigenvalue weighted by molar-refractivity contribution is 9.10. The lowest BCUT2D eigenvalue weighted by atomic mass is 10.2. The number of methoxy groups -OCH3 is 1. The van der Waals surface area contributed by atoms with Gasteiger partial charge in [-0.3, -0.25) is 0 Å². The van der Waals surface area contributed by atoms with E-state index in [0.717, 1.165) is 14.7 Å². The van der Waals surface area contributed by atoms with Gasteiger partial charge in [0.05, 0.1) is 22.9 Å². The van der Waals surface area contributed by atoms with Gasteiger partial charge in [-0.25, -0.2) is 4.98 Å². The van der Waals surface area contributed by atoms with E-state index in [1.165, 1.54) is 24.5 Å². The summed E-state index contributed by atoms with van der Waals surface area (Å²) in [5.74, 6) is 0.373. The zero-order valence-electron chi connectivity index (χ0n) is 11.6. The number of fused-ring (bicyclic) bond motifs is 1. The molecule has 0 bridgehead atoms. The Kier molecular flexibility index (Phi) is 4.57. The lowest BCUT2D eigenvalue weighted by Gasteiger charge is -2.12. The maximum absolute atomic E-state index is 12.8. The van der Waals surface area contributed by atoms with Crippen LogP contribution in [0.15, 0.2) is 45.8 Å². The summed E-state index contributed by atoms with van der Waals surface area (Å²) in [5.41, 5.74) is -3.27. The first-order valence-corrected chi connectivity index (χ1v) is 8.79. The molecule has 1 aromatic heterocycles. The summed E-state index contributed by atoms with van der Waals surface area (Å²) in [7, 11) is 1.44. The quantitative estimate of drug-likeness (QED) is 0.462. The largest absolute Gasteiger partial charge is 0.496 e. The molecule has 0 radical (unpaired) electrons. The van der Waals surface area contributed by atoms with Crippen molar-refractivity contribution >= 4 is 49.2 Å². The number of thiazole rings is 1. The van der Waals surface area contributed by atoms with Gasteiger partial charge in [-0.15, -0.1) is 11.3 Å². The van der Waals surface area contributed by atoms with Crippen LogP contribution in [-0.2, 0) is 0 Å². The second kappa shape index (κ2) is 6.33. The third kappa shape index (κ3) is 3.64. The van der Waals surface area contributed by atoms with Gasteiger partial charge >= 0.3 is 5.51 Å². The van der Waals surface area contributed by atoms with Crippen molar-refractivity contribution in [3.05, 3.63) is 40.9 Å². The first-order valence-electron chi connectivity index (χ1n) is 6.36. The molecular weight excluding hydrogens is 411 g/mol. The van der Waals surface area contributed by atoms with E-state index >= 15 is 0 Å². The molecule has 0 aliphatic rings. The average Bonchev–Trinajstić information content (AvgIpc) is 2.87. The van der Waals surface area contributed by atoms with Gasteiger partial charge in [-0.1, -0.05) is 22.0 Å². The van der Waals surface area contributed by atoms with Crippen LogP contribution in [0.1, 0.15) is 0 Å². The molecule has 8 heteroatoms. The molecule has 0 fully saturated rings. The van der Waals surface area contributed by atoms with Crippen LogP contribution in [0.25, 0.3) is 20.8 Å². The molecule has 3 rings (SSSR count). The third-order valence-corrected chi connectivity index (χ3v) is 5.32. The molecule has 0 atom stereocenters. The van der Waals surface area contributed by atoms with E-state index < -0.39 is 5.51 Å². The zero-order valence-corrected chi connectivity index (χ0v) is 14.9. The van der Waals surface area contributed by atoms with Gasteiger partial charge in [0.25, 0.3) is 0 Å².